The van der Waals surface area contributed by atoms with Crippen molar-refractivity contribution in [2.75, 3.05) is 39.4 Å². The van der Waals surface area contributed by atoms with Crippen LogP contribution in [0, 0.1) is 17.8 Å². The van der Waals surface area contributed by atoms with Gasteiger partial charge in [-0.15, -0.1) is 0 Å². The number of ether oxygens (including phenoxy) is 1. The van der Waals surface area contributed by atoms with Crippen molar-refractivity contribution in [3.8, 4) is 0 Å². The predicted molar refractivity (Wildman–Crippen MR) is 92.2 cm³/mol. The summed E-state index contributed by atoms with van der Waals surface area (Å²) in [4.78, 5) is 6.49. The first-order valence-corrected chi connectivity index (χ1v) is 10.3. The summed E-state index contributed by atoms with van der Waals surface area (Å²) in [5.41, 5.74) is -0.0810. The number of likely N-dealkylation sites (tertiary alicyclic amines) is 1. The minimum atomic E-state index is -4.48. The molecule has 4 heterocycles. The number of hydrogen-bond acceptors (Lipinski definition) is 4. The zero-order valence-corrected chi connectivity index (χ0v) is 15.9. The Morgan fingerprint density at radius 2 is 1.81 bits per heavy atom. The molecular weight excluding hydrogens is 379 g/mol. The SMILES string of the molecule is Cc1nc(C(F)(F)F)ccc1S(=O)N1CC2(CN(C3CC4(COC4)C3)C2)C1. The average molecular weight is 401 g/mol. The highest BCUT2D eigenvalue weighted by atomic mass is 32.2. The van der Waals surface area contributed by atoms with Gasteiger partial charge < -0.3 is 4.74 Å². The third kappa shape index (κ3) is 2.85. The Balaban J connectivity index is 1.15. The lowest BCUT2D eigenvalue weighted by Crippen LogP contribution is -2.75. The summed E-state index contributed by atoms with van der Waals surface area (Å²) in [6.07, 6.45) is -2.02. The number of aryl methyl sites for hydroxylation is 1. The Bertz CT molecular complexity index is 790. The lowest BCUT2D eigenvalue weighted by Gasteiger charge is -2.66. The quantitative estimate of drug-likeness (QED) is 0.779. The molecule has 0 bridgehead atoms. The summed E-state index contributed by atoms with van der Waals surface area (Å²) in [5, 5.41) is 0. The van der Waals surface area contributed by atoms with Crippen LogP contribution in [0.15, 0.2) is 17.0 Å². The van der Waals surface area contributed by atoms with Gasteiger partial charge in [-0.1, -0.05) is 0 Å². The molecule has 0 N–H and O–H groups in total. The first-order chi connectivity index (χ1) is 12.7. The first kappa shape index (κ1) is 18.0. The molecule has 1 aromatic rings. The van der Waals surface area contributed by atoms with Gasteiger partial charge in [-0.3, -0.25) is 4.90 Å². The summed E-state index contributed by atoms with van der Waals surface area (Å²) in [5.74, 6) is 0. The molecule has 5 rings (SSSR count). The molecule has 5 nitrogen and oxygen atoms in total. The minimum absolute atomic E-state index is 0.182. The van der Waals surface area contributed by atoms with E-state index in [1.54, 1.807) is 0 Å². The second-order valence-corrected chi connectivity index (χ2v) is 10.2. The molecule has 148 valence electrons. The van der Waals surface area contributed by atoms with Crippen molar-refractivity contribution in [2.45, 2.75) is 36.9 Å². The molecule has 1 aliphatic carbocycles. The molecule has 2 spiro atoms. The van der Waals surface area contributed by atoms with Crippen LogP contribution in [0.2, 0.25) is 0 Å². The fourth-order valence-electron chi connectivity index (χ4n) is 4.95. The summed E-state index contributed by atoms with van der Waals surface area (Å²) < 4.78 is 58.1. The maximum Gasteiger partial charge on any atom is 0.433 e. The monoisotopic (exact) mass is 401 g/mol. The Labute approximate surface area is 158 Å². The number of pyridine rings is 1. The Kier molecular flexibility index (Phi) is 3.84. The molecule has 3 saturated heterocycles. The Hall–Kier alpha value is -1.03. The van der Waals surface area contributed by atoms with Crippen molar-refractivity contribution in [3.63, 3.8) is 0 Å². The van der Waals surface area contributed by atoms with Gasteiger partial charge in [0.05, 0.1) is 23.8 Å². The van der Waals surface area contributed by atoms with Gasteiger partial charge in [-0.2, -0.15) is 13.2 Å². The highest BCUT2D eigenvalue weighted by Crippen LogP contribution is 2.53. The molecule has 1 aromatic heterocycles. The second-order valence-electron chi connectivity index (χ2n) is 8.78. The molecule has 3 aliphatic heterocycles. The van der Waals surface area contributed by atoms with Crippen LogP contribution in [0.25, 0.3) is 0 Å². The zero-order chi connectivity index (χ0) is 19.0. The summed E-state index contributed by atoms with van der Waals surface area (Å²) in [6.45, 7) is 6.85. The number of hydrogen-bond donors (Lipinski definition) is 0. The topological polar surface area (TPSA) is 45.7 Å². The standard InChI is InChI=1S/C18H22F3N3O2S/c1-12-14(2-3-15(22-12)18(19,20)21)27(25)24-8-17(9-24)6-23(7-17)13-4-16(5-13)10-26-11-16/h2-3,13H,4-11H2,1H3. The van der Waals surface area contributed by atoms with E-state index in [2.05, 4.69) is 9.88 Å². The van der Waals surface area contributed by atoms with E-state index in [4.69, 9.17) is 4.74 Å². The summed E-state index contributed by atoms with van der Waals surface area (Å²) in [7, 11) is -1.45. The molecule has 4 aliphatic rings. The average Bonchev–Trinajstić information content (AvgIpc) is 2.42. The number of aromatic nitrogens is 1. The van der Waals surface area contributed by atoms with Gasteiger partial charge in [0.15, 0.2) is 0 Å². The number of rotatable bonds is 3. The van der Waals surface area contributed by atoms with Crippen molar-refractivity contribution in [1.82, 2.24) is 14.2 Å². The third-order valence-corrected chi connectivity index (χ3v) is 8.06. The maximum atomic E-state index is 12.7. The van der Waals surface area contributed by atoms with E-state index in [1.165, 1.54) is 25.8 Å². The van der Waals surface area contributed by atoms with Crippen molar-refractivity contribution < 1.29 is 22.1 Å². The van der Waals surface area contributed by atoms with Crippen LogP contribution in [-0.2, 0) is 21.9 Å². The zero-order valence-electron chi connectivity index (χ0n) is 15.1. The van der Waals surface area contributed by atoms with Crippen LogP contribution in [0.5, 0.6) is 0 Å². The van der Waals surface area contributed by atoms with E-state index in [9.17, 15) is 17.4 Å². The van der Waals surface area contributed by atoms with Crippen molar-refractivity contribution in [1.29, 1.82) is 0 Å². The molecule has 0 amide bonds. The third-order valence-electron chi connectivity index (χ3n) is 6.52. The lowest BCUT2D eigenvalue weighted by atomic mass is 9.61. The van der Waals surface area contributed by atoms with Crippen molar-refractivity contribution >= 4 is 11.0 Å². The largest absolute Gasteiger partial charge is 0.433 e. The molecule has 1 unspecified atom stereocenters. The van der Waals surface area contributed by atoms with E-state index < -0.39 is 22.9 Å². The normalized spacial score (nSPS) is 28.3. The summed E-state index contributed by atoms with van der Waals surface area (Å²) in [6, 6.07) is 2.88. The highest BCUT2D eigenvalue weighted by molar-refractivity contribution is 7.82. The van der Waals surface area contributed by atoms with Gasteiger partial charge in [-0.05, 0) is 31.9 Å². The molecule has 1 atom stereocenters. The molecule has 9 heteroatoms. The number of alkyl halides is 3. The van der Waals surface area contributed by atoms with E-state index >= 15 is 0 Å². The molecule has 0 radical (unpaired) electrons. The summed E-state index contributed by atoms with van der Waals surface area (Å²) >= 11 is 0. The maximum absolute atomic E-state index is 12.7. The van der Waals surface area contributed by atoms with Gasteiger partial charge in [0.1, 0.15) is 16.7 Å². The van der Waals surface area contributed by atoms with E-state index in [-0.39, 0.29) is 11.1 Å². The number of halogens is 3. The van der Waals surface area contributed by atoms with E-state index in [0.717, 1.165) is 45.5 Å². The van der Waals surface area contributed by atoms with E-state index in [1.807, 2.05) is 4.31 Å². The van der Waals surface area contributed by atoms with Crippen molar-refractivity contribution in [2.24, 2.45) is 10.8 Å². The van der Waals surface area contributed by atoms with Gasteiger partial charge in [0.2, 0.25) is 0 Å². The van der Waals surface area contributed by atoms with E-state index in [0.29, 0.717) is 16.4 Å². The van der Waals surface area contributed by atoms with Crippen molar-refractivity contribution in [3.05, 3.63) is 23.5 Å². The smallest absolute Gasteiger partial charge is 0.380 e. The van der Waals surface area contributed by atoms with Gasteiger partial charge in [-0.25, -0.2) is 13.5 Å². The molecular formula is C18H22F3N3O2S. The van der Waals surface area contributed by atoms with Crippen LogP contribution in [0.4, 0.5) is 13.2 Å². The Morgan fingerprint density at radius 3 is 2.33 bits per heavy atom. The van der Waals surface area contributed by atoms with Gasteiger partial charge in [0.25, 0.3) is 0 Å². The highest BCUT2D eigenvalue weighted by Gasteiger charge is 2.59. The number of nitrogens with zero attached hydrogens (tertiary/aromatic N) is 3. The Morgan fingerprint density at radius 1 is 1.15 bits per heavy atom. The molecule has 4 fully saturated rings. The van der Waals surface area contributed by atoms with Crippen LogP contribution in [0.1, 0.15) is 24.2 Å². The molecule has 0 aromatic carbocycles. The minimum Gasteiger partial charge on any atom is -0.380 e. The lowest BCUT2D eigenvalue weighted by molar-refractivity contribution is -0.211. The fourth-order valence-corrected chi connectivity index (χ4v) is 6.49. The van der Waals surface area contributed by atoms with Gasteiger partial charge >= 0.3 is 6.18 Å². The fraction of sp³-hybridized carbons (Fsp3) is 0.722. The molecule has 1 saturated carbocycles. The second kappa shape index (κ2) is 5.75. The predicted octanol–water partition coefficient (Wildman–Crippen LogP) is 2.23. The first-order valence-electron chi connectivity index (χ1n) is 9.22. The van der Waals surface area contributed by atoms with Crippen LogP contribution < -0.4 is 0 Å². The van der Waals surface area contributed by atoms with Crippen LogP contribution >= 0.6 is 0 Å². The molecule has 27 heavy (non-hydrogen) atoms. The van der Waals surface area contributed by atoms with Gasteiger partial charge in [0, 0.05) is 43.1 Å². The van der Waals surface area contributed by atoms with Crippen LogP contribution in [0.3, 0.4) is 0 Å². The van der Waals surface area contributed by atoms with Crippen LogP contribution in [-0.4, -0.2) is 63.8 Å².